The lowest BCUT2D eigenvalue weighted by molar-refractivity contribution is -0.121. The summed E-state index contributed by atoms with van der Waals surface area (Å²) in [4.78, 5) is 26.4. The second-order valence-electron chi connectivity index (χ2n) is 7.87. The molecule has 0 saturated carbocycles. The van der Waals surface area contributed by atoms with E-state index < -0.39 is 12.1 Å². The van der Waals surface area contributed by atoms with Gasteiger partial charge in [-0.15, -0.1) is 5.10 Å². The summed E-state index contributed by atoms with van der Waals surface area (Å²) in [6, 6.07) is 19.7. The molecule has 0 radical (unpaired) electrons. The number of phenolic OH excluding ortho intramolecular Hbond substituents is 1. The molecule has 0 saturated heterocycles. The molecule has 3 aromatic carbocycles. The molecule has 1 atom stereocenters. The zero-order valence-electron chi connectivity index (χ0n) is 19.3. The Balaban J connectivity index is 0.00000400. The maximum absolute atomic E-state index is 13.3. The predicted octanol–water partition coefficient (Wildman–Crippen LogP) is 5.19. The van der Waals surface area contributed by atoms with Gasteiger partial charge in [-0.05, 0) is 64.0 Å². The van der Waals surface area contributed by atoms with Crippen LogP contribution < -0.4 is 5.32 Å². The molecular weight excluding hydrogens is 537 g/mol. The fraction of sp³-hybridized carbons (Fsp3) is 0.160. The van der Waals surface area contributed by atoms with E-state index in [9.17, 15) is 14.7 Å². The van der Waals surface area contributed by atoms with Gasteiger partial charge in [0, 0.05) is 1.43 Å². The topological polar surface area (TPSA) is 119 Å². The number of ketones is 1. The Bertz CT molecular complexity index is 1360. The maximum atomic E-state index is 13.3. The molecule has 1 amide bonds. The van der Waals surface area contributed by atoms with E-state index in [1.54, 1.807) is 30.3 Å². The van der Waals surface area contributed by atoms with Crippen molar-refractivity contribution in [2.45, 2.75) is 35.7 Å². The minimum atomic E-state index is -0.946. The van der Waals surface area contributed by atoms with Crippen LogP contribution in [0.2, 0.25) is 10.0 Å². The number of carbonyl (C=O) groups is 2. The fourth-order valence-electron chi connectivity index (χ4n) is 3.32. The number of rotatable bonds is 10. The summed E-state index contributed by atoms with van der Waals surface area (Å²) in [6.07, 6.45) is -0.573. The molecule has 37 heavy (non-hydrogen) atoms. The fourth-order valence-corrected chi connectivity index (χ4v) is 4.74. The number of aromatic nitrogens is 4. The Morgan fingerprint density at radius 3 is 2.41 bits per heavy atom. The Morgan fingerprint density at radius 2 is 1.70 bits per heavy atom. The van der Waals surface area contributed by atoms with Crippen molar-refractivity contribution in [2.24, 2.45) is 0 Å². The van der Waals surface area contributed by atoms with Crippen molar-refractivity contribution < 1.29 is 20.9 Å². The predicted molar refractivity (Wildman–Crippen MR) is 141 cm³/mol. The minimum absolute atomic E-state index is 0. The first-order chi connectivity index (χ1) is 17.9. The van der Waals surface area contributed by atoms with E-state index in [1.165, 1.54) is 16.8 Å². The number of ether oxygens (including phenoxy) is 1. The first kappa shape index (κ1) is 26.5. The van der Waals surface area contributed by atoms with Gasteiger partial charge in [-0.1, -0.05) is 71.7 Å². The summed E-state index contributed by atoms with van der Waals surface area (Å²) < 4.78 is 6.62. The van der Waals surface area contributed by atoms with Crippen molar-refractivity contribution in [3.63, 3.8) is 0 Å². The van der Waals surface area contributed by atoms with Crippen LogP contribution in [-0.2, 0) is 29.1 Å². The van der Waals surface area contributed by atoms with E-state index in [4.69, 9.17) is 27.9 Å². The Morgan fingerprint density at radius 1 is 1.00 bits per heavy atom. The zero-order chi connectivity index (χ0) is 26.2. The van der Waals surface area contributed by atoms with E-state index in [0.717, 1.165) is 22.9 Å². The number of amides is 1. The van der Waals surface area contributed by atoms with Crippen LogP contribution in [0.25, 0.3) is 0 Å². The molecule has 1 heterocycles. The number of Topliss-reactive ketones (excluding diaryl/α,β-unsaturated/α-hetero) is 1. The number of nitrogens with zero attached hydrogens (tertiary/aromatic N) is 4. The zero-order valence-corrected chi connectivity index (χ0v) is 21.6. The third kappa shape index (κ3) is 7.45. The van der Waals surface area contributed by atoms with Gasteiger partial charge in [0.1, 0.15) is 18.9 Å². The Kier molecular flexibility index (Phi) is 8.99. The second kappa shape index (κ2) is 12.6. The van der Waals surface area contributed by atoms with E-state index in [1.807, 2.05) is 30.3 Å². The number of carbonyl (C=O) groups excluding carboxylic acids is 2. The molecule has 12 heteroatoms. The molecule has 2 N–H and O–H groups in total. The van der Waals surface area contributed by atoms with Gasteiger partial charge in [-0.3, -0.25) is 4.79 Å². The summed E-state index contributed by atoms with van der Waals surface area (Å²) in [5.74, 6) is -0.264. The molecule has 4 rings (SSSR count). The molecule has 192 valence electrons. The molecule has 9 nitrogen and oxygen atoms in total. The number of tetrazole rings is 1. The molecule has 0 aliphatic rings. The van der Waals surface area contributed by atoms with Crippen LogP contribution in [0.3, 0.4) is 0 Å². The smallest absolute Gasteiger partial charge is 0.408 e. The molecule has 1 unspecified atom stereocenters. The summed E-state index contributed by atoms with van der Waals surface area (Å²) in [6.45, 7) is -0.168. The van der Waals surface area contributed by atoms with Crippen LogP contribution in [0.15, 0.2) is 82.8 Å². The summed E-state index contributed by atoms with van der Waals surface area (Å²) in [7, 11) is 0. The van der Waals surface area contributed by atoms with E-state index in [0.29, 0.717) is 20.1 Å². The SMILES string of the molecule is O=C(NC(Cc1ccc(O)cc1)C(=O)Cn1nnnc1Sc1c(Cl)cccc1Cl)OCc1ccccc1.[HH]. The van der Waals surface area contributed by atoms with Crippen molar-refractivity contribution in [3.05, 3.63) is 94.0 Å². The van der Waals surface area contributed by atoms with Crippen LogP contribution in [0.4, 0.5) is 4.79 Å². The van der Waals surface area contributed by atoms with E-state index in [2.05, 4.69) is 20.8 Å². The summed E-state index contributed by atoms with van der Waals surface area (Å²) in [5, 5.41) is 24.9. The highest BCUT2D eigenvalue weighted by molar-refractivity contribution is 7.99. The summed E-state index contributed by atoms with van der Waals surface area (Å²) in [5.41, 5.74) is 1.54. The minimum Gasteiger partial charge on any atom is -0.508 e. The monoisotopic (exact) mass is 559 g/mol. The molecular formula is C25H23Cl2N5O4S. The second-order valence-corrected chi connectivity index (χ2v) is 9.66. The molecule has 4 aromatic rings. The van der Waals surface area contributed by atoms with Gasteiger partial charge in [0.25, 0.3) is 0 Å². The number of hydrogen-bond acceptors (Lipinski definition) is 8. The first-order valence-electron chi connectivity index (χ1n) is 11.0. The van der Waals surface area contributed by atoms with Crippen molar-refractivity contribution >= 4 is 46.8 Å². The van der Waals surface area contributed by atoms with Crippen LogP contribution >= 0.6 is 35.0 Å². The average molecular weight is 560 g/mol. The van der Waals surface area contributed by atoms with Gasteiger partial charge in [-0.25, -0.2) is 9.48 Å². The normalized spacial score (nSPS) is 11.6. The van der Waals surface area contributed by atoms with Crippen LogP contribution in [0.1, 0.15) is 12.6 Å². The highest BCUT2D eigenvalue weighted by Gasteiger charge is 2.25. The number of halogens is 2. The third-order valence-electron chi connectivity index (χ3n) is 5.19. The number of benzene rings is 3. The van der Waals surface area contributed by atoms with Crippen molar-refractivity contribution in [3.8, 4) is 5.75 Å². The standard InChI is InChI=1S/C25H21Cl2N5O4S.H2/c26-19-7-4-8-20(27)23(19)37-24-29-30-31-32(24)14-22(34)21(13-16-9-11-18(33)12-10-16)28-25(35)36-15-17-5-2-1-3-6-17;/h1-12,21,33H,13-15H2,(H,28,35);1H. The van der Waals surface area contributed by atoms with Crippen LogP contribution in [0, 0.1) is 0 Å². The maximum Gasteiger partial charge on any atom is 0.408 e. The quantitative estimate of drug-likeness (QED) is 0.272. The molecule has 0 bridgehead atoms. The van der Waals surface area contributed by atoms with E-state index in [-0.39, 0.29) is 32.5 Å². The Labute approximate surface area is 228 Å². The lowest BCUT2D eigenvalue weighted by Crippen LogP contribution is -2.44. The Hall–Kier alpha value is -3.60. The van der Waals surface area contributed by atoms with Crippen LogP contribution in [0.5, 0.6) is 5.75 Å². The van der Waals surface area contributed by atoms with Gasteiger partial charge < -0.3 is 15.2 Å². The van der Waals surface area contributed by atoms with Crippen molar-refractivity contribution in [1.82, 2.24) is 25.5 Å². The first-order valence-corrected chi connectivity index (χ1v) is 12.6. The molecule has 0 fully saturated rings. The molecule has 1 aromatic heterocycles. The number of aromatic hydroxyl groups is 1. The van der Waals surface area contributed by atoms with E-state index >= 15 is 0 Å². The number of phenols is 1. The molecule has 0 spiro atoms. The van der Waals surface area contributed by atoms with Gasteiger partial charge in [-0.2, -0.15) is 0 Å². The number of alkyl carbamates (subject to hydrolysis) is 1. The molecule has 0 aliphatic carbocycles. The lowest BCUT2D eigenvalue weighted by Gasteiger charge is -2.18. The number of nitrogens with one attached hydrogen (secondary N) is 1. The van der Waals surface area contributed by atoms with Crippen molar-refractivity contribution in [2.75, 3.05) is 0 Å². The summed E-state index contributed by atoms with van der Waals surface area (Å²) >= 11 is 13.6. The third-order valence-corrected chi connectivity index (χ3v) is 7.16. The average Bonchev–Trinajstić information content (AvgIpc) is 3.33. The largest absolute Gasteiger partial charge is 0.508 e. The number of hydrogen-bond donors (Lipinski definition) is 2. The highest BCUT2D eigenvalue weighted by atomic mass is 35.5. The van der Waals surface area contributed by atoms with Gasteiger partial charge in [0.2, 0.25) is 5.16 Å². The van der Waals surface area contributed by atoms with Crippen LogP contribution in [-0.4, -0.2) is 43.2 Å². The van der Waals surface area contributed by atoms with Gasteiger partial charge >= 0.3 is 6.09 Å². The molecule has 0 aliphatic heterocycles. The van der Waals surface area contributed by atoms with Crippen molar-refractivity contribution in [1.29, 1.82) is 0 Å². The van der Waals surface area contributed by atoms with Gasteiger partial charge in [0.15, 0.2) is 5.78 Å². The highest BCUT2D eigenvalue weighted by Crippen LogP contribution is 2.37. The van der Waals surface area contributed by atoms with Gasteiger partial charge in [0.05, 0.1) is 21.0 Å². The lowest BCUT2D eigenvalue weighted by atomic mass is 10.0.